The summed E-state index contributed by atoms with van der Waals surface area (Å²) in [5, 5.41) is 4.52. The predicted octanol–water partition coefficient (Wildman–Crippen LogP) is 3.68. The minimum atomic E-state index is 0.0379. The van der Waals surface area contributed by atoms with Crippen LogP contribution in [0.3, 0.4) is 0 Å². The molecule has 0 aliphatic rings. The molecule has 2 atom stereocenters. The Bertz CT molecular complexity index is 344. The van der Waals surface area contributed by atoms with Crippen LogP contribution < -0.4 is 5.32 Å². The first kappa shape index (κ1) is 13.8. The molecule has 0 saturated carbocycles. The zero-order valence-electron chi connectivity index (χ0n) is 9.76. The summed E-state index contributed by atoms with van der Waals surface area (Å²) in [6.07, 6.45) is 0.0379. The van der Waals surface area contributed by atoms with E-state index < -0.39 is 0 Å². The number of hydrogen-bond acceptors (Lipinski definition) is 2. The van der Waals surface area contributed by atoms with E-state index in [0.29, 0.717) is 10.0 Å². The quantitative estimate of drug-likeness (QED) is 0.874. The third-order valence-electron chi connectivity index (χ3n) is 2.58. The van der Waals surface area contributed by atoms with Crippen LogP contribution in [0, 0.1) is 0 Å². The third-order valence-corrected chi connectivity index (χ3v) is 3.42. The molecular weight excluding hydrogens is 245 g/mol. The minimum Gasteiger partial charge on any atom is -0.380 e. The molecule has 1 aromatic carbocycles. The summed E-state index contributed by atoms with van der Waals surface area (Å²) in [7, 11) is 1.69. The van der Waals surface area contributed by atoms with Gasteiger partial charge >= 0.3 is 0 Å². The van der Waals surface area contributed by atoms with Gasteiger partial charge in [0.25, 0.3) is 0 Å². The van der Waals surface area contributed by atoms with Gasteiger partial charge in [-0.2, -0.15) is 0 Å². The molecule has 1 rings (SSSR count). The summed E-state index contributed by atoms with van der Waals surface area (Å²) in [6, 6.07) is 5.71. The summed E-state index contributed by atoms with van der Waals surface area (Å²) in [5.41, 5.74) is 0.977. The van der Waals surface area contributed by atoms with Crippen molar-refractivity contribution in [2.45, 2.75) is 26.0 Å². The Morgan fingerprint density at radius 3 is 2.62 bits per heavy atom. The monoisotopic (exact) mass is 261 g/mol. The molecular formula is C12H17Cl2NO. The van der Waals surface area contributed by atoms with Gasteiger partial charge in [-0.3, -0.25) is 0 Å². The number of rotatable bonds is 5. The lowest BCUT2D eigenvalue weighted by molar-refractivity contribution is 0.0836. The van der Waals surface area contributed by atoms with E-state index in [1.807, 2.05) is 26.0 Å². The number of likely N-dealkylation sites (N-methyl/N-ethyl adjacent to an activating group) is 1. The van der Waals surface area contributed by atoms with Crippen molar-refractivity contribution in [3.8, 4) is 0 Å². The van der Waals surface area contributed by atoms with Crippen LogP contribution in [0.2, 0.25) is 10.0 Å². The SMILES string of the molecule is CCNC(c1cccc(Cl)c1Cl)C(C)OC. The van der Waals surface area contributed by atoms with Crippen molar-refractivity contribution in [1.82, 2.24) is 5.32 Å². The standard InChI is InChI=1S/C12H17Cl2NO/c1-4-15-12(8(2)16-3)9-6-5-7-10(13)11(9)14/h5-8,12,15H,4H2,1-3H3. The topological polar surface area (TPSA) is 21.3 Å². The van der Waals surface area contributed by atoms with Gasteiger partial charge in [-0.05, 0) is 25.1 Å². The fraction of sp³-hybridized carbons (Fsp3) is 0.500. The summed E-state index contributed by atoms with van der Waals surface area (Å²) in [4.78, 5) is 0. The van der Waals surface area contributed by atoms with Gasteiger partial charge in [-0.1, -0.05) is 42.3 Å². The number of halogens is 2. The van der Waals surface area contributed by atoms with E-state index in [1.165, 1.54) is 0 Å². The highest BCUT2D eigenvalue weighted by atomic mass is 35.5. The van der Waals surface area contributed by atoms with E-state index in [2.05, 4.69) is 5.32 Å². The van der Waals surface area contributed by atoms with Crippen molar-refractivity contribution in [2.24, 2.45) is 0 Å². The van der Waals surface area contributed by atoms with Gasteiger partial charge in [-0.25, -0.2) is 0 Å². The Morgan fingerprint density at radius 2 is 2.06 bits per heavy atom. The zero-order chi connectivity index (χ0) is 12.1. The number of hydrogen-bond donors (Lipinski definition) is 1. The van der Waals surface area contributed by atoms with Crippen LogP contribution in [0.15, 0.2) is 18.2 Å². The second kappa shape index (κ2) is 6.45. The Labute approximate surface area is 107 Å². The van der Waals surface area contributed by atoms with Gasteiger partial charge in [0, 0.05) is 7.11 Å². The van der Waals surface area contributed by atoms with E-state index >= 15 is 0 Å². The molecule has 2 unspecified atom stereocenters. The van der Waals surface area contributed by atoms with Gasteiger partial charge < -0.3 is 10.1 Å². The van der Waals surface area contributed by atoms with E-state index in [1.54, 1.807) is 13.2 Å². The van der Waals surface area contributed by atoms with E-state index in [4.69, 9.17) is 27.9 Å². The van der Waals surface area contributed by atoms with Crippen molar-refractivity contribution < 1.29 is 4.74 Å². The van der Waals surface area contributed by atoms with E-state index in [0.717, 1.165) is 12.1 Å². The Kier molecular flexibility index (Phi) is 5.56. The van der Waals surface area contributed by atoms with Crippen LogP contribution in [0.5, 0.6) is 0 Å². The highest BCUT2D eigenvalue weighted by Crippen LogP contribution is 2.31. The molecule has 1 N–H and O–H groups in total. The van der Waals surface area contributed by atoms with Crippen molar-refractivity contribution in [3.63, 3.8) is 0 Å². The lowest BCUT2D eigenvalue weighted by Gasteiger charge is -2.25. The highest BCUT2D eigenvalue weighted by Gasteiger charge is 2.21. The van der Waals surface area contributed by atoms with Gasteiger partial charge in [0.15, 0.2) is 0 Å². The summed E-state index contributed by atoms with van der Waals surface area (Å²) in [5.74, 6) is 0. The zero-order valence-corrected chi connectivity index (χ0v) is 11.3. The molecule has 0 radical (unpaired) electrons. The first-order valence-electron chi connectivity index (χ1n) is 5.31. The summed E-state index contributed by atoms with van der Waals surface area (Å²) >= 11 is 12.2. The highest BCUT2D eigenvalue weighted by molar-refractivity contribution is 6.42. The second-order valence-electron chi connectivity index (χ2n) is 3.62. The first-order chi connectivity index (χ1) is 7.61. The largest absolute Gasteiger partial charge is 0.380 e. The molecule has 16 heavy (non-hydrogen) atoms. The lowest BCUT2D eigenvalue weighted by atomic mass is 10.0. The molecule has 90 valence electrons. The summed E-state index contributed by atoms with van der Waals surface area (Å²) in [6.45, 7) is 4.90. The maximum atomic E-state index is 6.20. The van der Waals surface area contributed by atoms with E-state index in [-0.39, 0.29) is 12.1 Å². The summed E-state index contributed by atoms with van der Waals surface area (Å²) < 4.78 is 5.35. The lowest BCUT2D eigenvalue weighted by Crippen LogP contribution is -2.31. The second-order valence-corrected chi connectivity index (χ2v) is 4.40. The Balaban J connectivity index is 3.05. The fourth-order valence-electron chi connectivity index (χ4n) is 1.65. The van der Waals surface area contributed by atoms with Crippen molar-refractivity contribution >= 4 is 23.2 Å². The van der Waals surface area contributed by atoms with Crippen LogP contribution in [0.1, 0.15) is 25.5 Å². The molecule has 0 saturated heterocycles. The number of methoxy groups -OCH3 is 1. The Hall–Kier alpha value is -0.280. The van der Waals surface area contributed by atoms with Crippen LogP contribution in [-0.2, 0) is 4.74 Å². The number of benzene rings is 1. The minimum absolute atomic E-state index is 0.0379. The van der Waals surface area contributed by atoms with E-state index in [9.17, 15) is 0 Å². The molecule has 4 heteroatoms. The van der Waals surface area contributed by atoms with Gasteiger partial charge in [-0.15, -0.1) is 0 Å². The number of nitrogens with one attached hydrogen (secondary N) is 1. The van der Waals surface area contributed by atoms with Crippen LogP contribution in [0.4, 0.5) is 0 Å². The fourth-order valence-corrected chi connectivity index (χ4v) is 2.07. The molecule has 0 spiro atoms. The molecule has 1 aromatic rings. The predicted molar refractivity (Wildman–Crippen MR) is 69.4 cm³/mol. The molecule has 0 aliphatic carbocycles. The average molecular weight is 262 g/mol. The molecule has 0 fully saturated rings. The van der Waals surface area contributed by atoms with Gasteiger partial charge in [0.05, 0.1) is 22.2 Å². The smallest absolute Gasteiger partial charge is 0.0738 e. The molecule has 0 aliphatic heterocycles. The molecule has 0 amide bonds. The molecule has 0 aromatic heterocycles. The molecule has 0 heterocycles. The maximum Gasteiger partial charge on any atom is 0.0738 e. The molecule has 2 nitrogen and oxygen atoms in total. The molecule has 0 bridgehead atoms. The van der Waals surface area contributed by atoms with Crippen LogP contribution >= 0.6 is 23.2 Å². The Morgan fingerprint density at radius 1 is 1.38 bits per heavy atom. The first-order valence-corrected chi connectivity index (χ1v) is 6.07. The van der Waals surface area contributed by atoms with Crippen molar-refractivity contribution in [2.75, 3.05) is 13.7 Å². The van der Waals surface area contributed by atoms with Crippen molar-refractivity contribution in [1.29, 1.82) is 0 Å². The van der Waals surface area contributed by atoms with Crippen LogP contribution in [0.25, 0.3) is 0 Å². The normalized spacial score (nSPS) is 14.8. The average Bonchev–Trinajstić information content (AvgIpc) is 2.29. The maximum absolute atomic E-state index is 6.20. The van der Waals surface area contributed by atoms with Crippen molar-refractivity contribution in [3.05, 3.63) is 33.8 Å². The van der Waals surface area contributed by atoms with Crippen LogP contribution in [-0.4, -0.2) is 19.8 Å². The van der Waals surface area contributed by atoms with Gasteiger partial charge in [0.1, 0.15) is 0 Å². The third kappa shape index (κ3) is 3.11. The van der Waals surface area contributed by atoms with Gasteiger partial charge in [0.2, 0.25) is 0 Å². The number of ether oxygens (including phenoxy) is 1.